The highest BCUT2D eigenvalue weighted by atomic mass is 16.5. The summed E-state index contributed by atoms with van der Waals surface area (Å²) in [6.45, 7) is 3.23. The average Bonchev–Trinajstić information content (AvgIpc) is 2.82. The number of para-hydroxylation sites is 1. The average molecular weight is 234 g/mol. The summed E-state index contributed by atoms with van der Waals surface area (Å²) in [6.07, 6.45) is 2.61. The third-order valence-electron chi connectivity index (χ3n) is 3.33. The number of benzene rings is 1. The van der Waals surface area contributed by atoms with Gasteiger partial charge in [0.2, 0.25) is 0 Å². The molecule has 1 N–H and O–H groups in total. The summed E-state index contributed by atoms with van der Waals surface area (Å²) in [5.74, 6) is 0.985. The SMILES string of the molecule is COc1ccccc1CN(C)C[C@@H]1CCCN1. The van der Waals surface area contributed by atoms with E-state index in [0.29, 0.717) is 6.04 Å². The van der Waals surface area contributed by atoms with Gasteiger partial charge in [-0.2, -0.15) is 0 Å². The van der Waals surface area contributed by atoms with E-state index in [1.807, 2.05) is 12.1 Å². The molecule has 1 aromatic rings. The van der Waals surface area contributed by atoms with E-state index < -0.39 is 0 Å². The molecule has 1 aliphatic rings. The van der Waals surface area contributed by atoms with Crippen molar-refractivity contribution in [2.45, 2.75) is 25.4 Å². The van der Waals surface area contributed by atoms with E-state index in [-0.39, 0.29) is 0 Å². The molecule has 1 aromatic carbocycles. The van der Waals surface area contributed by atoms with Crippen LogP contribution in [0.25, 0.3) is 0 Å². The van der Waals surface area contributed by atoms with E-state index in [2.05, 4.69) is 29.4 Å². The molecule has 1 heterocycles. The lowest BCUT2D eigenvalue weighted by Crippen LogP contribution is -2.35. The van der Waals surface area contributed by atoms with Crippen LogP contribution in [-0.2, 0) is 6.54 Å². The highest BCUT2D eigenvalue weighted by Gasteiger charge is 2.16. The molecule has 0 radical (unpaired) electrons. The monoisotopic (exact) mass is 234 g/mol. The van der Waals surface area contributed by atoms with Gasteiger partial charge in [0, 0.05) is 24.7 Å². The van der Waals surface area contributed by atoms with Gasteiger partial charge in [-0.1, -0.05) is 18.2 Å². The minimum absolute atomic E-state index is 0.662. The van der Waals surface area contributed by atoms with Crippen molar-refractivity contribution < 1.29 is 4.74 Å². The number of rotatable bonds is 5. The van der Waals surface area contributed by atoms with Crippen LogP contribution in [0.5, 0.6) is 5.75 Å². The third-order valence-corrected chi connectivity index (χ3v) is 3.33. The molecule has 1 atom stereocenters. The highest BCUT2D eigenvalue weighted by Crippen LogP contribution is 2.19. The fraction of sp³-hybridized carbons (Fsp3) is 0.571. The lowest BCUT2D eigenvalue weighted by Gasteiger charge is -2.22. The van der Waals surface area contributed by atoms with Crippen LogP contribution in [0.3, 0.4) is 0 Å². The lowest BCUT2D eigenvalue weighted by molar-refractivity contribution is 0.287. The Morgan fingerprint density at radius 2 is 2.24 bits per heavy atom. The Hall–Kier alpha value is -1.06. The molecule has 1 fully saturated rings. The number of hydrogen-bond acceptors (Lipinski definition) is 3. The van der Waals surface area contributed by atoms with Gasteiger partial charge < -0.3 is 15.0 Å². The molecule has 0 amide bonds. The smallest absolute Gasteiger partial charge is 0.123 e. The molecule has 3 heteroatoms. The minimum atomic E-state index is 0.662. The second-order valence-electron chi connectivity index (χ2n) is 4.80. The third kappa shape index (κ3) is 3.45. The first-order valence-corrected chi connectivity index (χ1v) is 6.33. The minimum Gasteiger partial charge on any atom is -0.496 e. The second-order valence-corrected chi connectivity index (χ2v) is 4.80. The van der Waals surface area contributed by atoms with Crippen LogP contribution in [0, 0.1) is 0 Å². The summed E-state index contributed by atoms with van der Waals surface area (Å²) < 4.78 is 5.37. The molecule has 0 spiro atoms. The van der Waals surface area contributed by atoms with Gasteiger partial charge >= 0.3 is 0 Å². The molecule has 17 heavy (non-hydrogen) atoms. The van der Waals surface area contributed by atoms with E-state index in [1.165, 1.54) is 24.9 Å². The van der Waals surface area contributed by atoms with Gasteiger partial charge in [-0.15, -0.1) is 0 Å². The van der Waals surface area contributed by atoms with Crippen LogP contribution in [-0.4, -0.2) is 38.2 Å². The summed E-state index contributed by atoms with van der Waals surface area (Å²) in [4.78, 5) is 2.36. The maximum atomic E-state index is 5.37. The standard InChI is InChI=1S/C14H22N2O/c1-16(11-13-7-5-9-15-13)10-12-6-3-4-8-14(12)17-2/h3-4,6,8,13,15H,5,7,9-11H2,1-2H3/t13-/m0/s1. The van der Waals surface area contributed by atoms with E-state index in [1.54, 1.807) is 7.11 Å². The molecule has 94 valence electrons. The van der Waals surface area contributed by atoms with Crippen LogP contribution >= 0.6 is 0 Å². The Labute approximate surface area is 104 Å². The van der Waals surface area contributed by atoms with Gasteiger partial charge in [-0.05, 0) is 32.5 Å². The molecule has 0 aromatic heterocycles. The maximum absolute atomic E-state index is 5.37. The van der Waals surface area contributed by atoms with Crippen LogP contribution in [0.1, 0.15) is 18.4 Å². The van der Waals surface area contributed by atoms with Gasteiger partial charge in [-0.25, -0.2) is 0 Å². The molecule has 1 aliphatic heterocycles. The zero-order chi connectivity index (χ0) is 12.1. The van der Waals surface area contributed by atoms with Gasteiger partial charge in [0.05, 0.1) is 7.11 Å². The number of nitrogens with one attached hydrogen (secondary N) is 1. The van der Waals surface area contributed by atoms with Crippen LogP contribution < -0.4 is 10.1 Å². The fourth-order valence-corrected chi connectivity index (χ4v) is 2.48. The maximum Gasteiger partial charge on any atom is 0.123 e. The Bertz CT molecular complexity index is 348. The summed E-state index contributed by atoms with van der Waals surface area (Å²) >= 11 is 0. The van der Waals surface area contributed by atoms with E-state index in [0.717, 1.165) is 18.8 Å². The summed E-state index contributed by atoms with van der Waals surface area (Å²) in [7, 11) is 3.91. The molecule has 2 rings (SSSR count). The number of methoxy groups -OCH3 is 1. The van der Waals surface area contributed by atoms with Gasteiger partial charge in [0.15, 0.2) is 0 Å². The van der Waals surface area contributed by atoms with Gasteiger partial charge in [0.1, 0.15) is 5.75 Å². The van der Waals surface area contributed by atoms with Gasteiger partial charge in [0.25, 0.3) is 0 Å². The predicted molar refractivity (Wildman–Crippen MR) is 70.4 cm³/mol. The molecule has 1 saturated heterocycles. The molecular weight excluding hydrogens is 212 g/mol. The van der Waals surface area contributed by atoms with Crippen molar-refractivity contribution in [3.05, 3.63) is 29.8 Å². The quantitative estimate of drug-likeness (QED) is 0.842. The van der Waals surface area contributed by atoms with Crippen molar-refractivity contribution in [1.29, 1.82) is 0 Å². The van der Waals surface area contributed by atoms with Crippen molar-refractivity contribution in [2.24, 2.45) is 0 Å². The molecule has 0 unspecified atom stereocenters. The lowest BCUT2D eigenvalue weighted by atomic mass is 10.1. The topological polar surface area (TPSA) is 24.5 Å². The molecule has 3 nitrogen and oxygen atoms in total. The molecule has 0 aliphatic carbocycles. The molecule has 0 bridgehead atoms. The van der Waals surface area contributed by atoms with E-state index in [4.69, 9.17) is 4.74 Å². The summed E-state index contributed by atoms with van der Waals surface area (Å²) in [6, 6.07) is 8.91. The summed E-state index contributed by atoms with van der Waals surface area (Å²) in [5, 5.41) is 3.53. The first-order valence-electron chi connectivity index (χ1n) is 6.33. The fourth-order valence-electron chi connectivity index (χ4n) is 2.48. The predicted octanol–water partition coefficient (Wildman–Crippen LogP) is 1.88. The van der Waals surface area contributed by atoms with E-state index in [9.17, 15) is 0 Å². The van der Waals surface area contributed by atoms with Crippen LogP contribution in [0.15, 0.2) is 24.3 Å². The van der Waals surface area contributed by atoms with Crippen molar-refractivity contribution in [2.75, 3.05) is 27.2 Å². The Kier molecular flexibility index (Phi) is 4.40. The number of nitrogens with zero attached hydrogens (tertiary/aromatic N) is 1. The first kappa shape index (κ1) is 12.4. The Balaban J connectivity index is 1.90. The van der Waals surface area contributed by atoms with Gasteiger partial charge in [-0.3, -0.25) is 0 Å². The van der Waals surface area contributed by atoms with Crippen molar-refractivity contribution in [3.63, 3.8) is 0 Å². The Morgan fingerprint density at radius 1 is 1.41 bits per heavy atom. The normalized spacial score (nSPS) is 19.8. The summed E-state index contributed by atoms with van der Waals surface area (Å²) in [5.41, 5.74) is 1.26. The number of ether oxygens (including phenoxy) is 1. The number of likely N-dealkylation sites (N-methyl/N-ethyl adjacent to an activating group) is 1. The van der Waals surface area contributed by atoms with Crippen molar-refractivity contribution >= 4 is 0 Å². The Morgan fingerprint density at radius 3 is 2.94 bits per heavy atom. The molecule has 0 saturated carbocycles. The second kappa shape index (κ2) is 6.03. The zero-order valence-electron chi connectivity index (χ0n) is 10.8. The largest absolute Gasteiger partial charge is 0.496 e. The first-order chi connectivity index (χ1) is 8.29. The number of hydrogen-bond donors (Lipinski definition) is 1. The van der Waals surface area contributed by atoms with Crippen molar-refractivity contribution in [3.8, 4) is 5.75 Å². The van der Waals surface area contributed by atoms with Crippen LogP contribution in [0.2, 0.25) is 0 Å². The zero-order valence-corrected chi connectivity index (χ0v) is 10.8. The van der Waals surface area contributed by atoms with Crippen molar-refractivity contribution in [1.82, 2.24) is 10.2 Å². The van der Waals surface area contributed by atoms with Crippen LogP contribution in [0.4, 0.5) is 0 Å². The molecular formula is C14H22N2O. The highest BCUT2D eigenvalue weighted by molar-refractivity contribution is 5.33. The van der Waals surface area contributed by atoms with E-state index >= 15 is 0 Å².